The average Bonchev–Trinajstić information content (AvgIpc) is 3.14. The van der Waals surface area contributed by atoms with Gasteiger partial charge in [-0.3, -0.25) is 9.36 Å². The third kappa shape index (κ3) is 4.53. The molecule has 9 nitrogen and oxygen atoms in total. The molecule has 3 aromatic rings. The molecule has 1 aliphatic heterocycles. The van der Waals surface area contributed by atoms with Crippen molar-refractivity contribution in [2.75, 3.05) is 26.2 Å². The maximum absolute atomic E-state index is 13.2. The van der Waals surface area contributed by atoms with Crippen LogP contribution in [0.25, 0.3) is 11.1 Å². The number of ether oxygens (including phenoxy) is 1. The number of oxazole rings is 1. The van der Waals surface area contributed by atoms with Gasteiger partial charge in [-0.25, -0.2) is 13.2 Å². The molecule has 0 saturated carbocycles. The number of piperazine rings is 1. The van der Waals surface area contributed by atoms with Gasteiger partial charge in [0.25, 0.3) is 5.91 Å². The van der Waals surface area contributed by atoms with Gasteiger partial charge in [-0.15, -0.1) is 0 Å². The normalized spacial score (nSPS) is 16.3. The number of carbonyl (C=O) groups excluding carboxylic acids is 1. The summed E-state index contributed by atoms with van der Waals surface area (Å²) >= 11 is 0. The highest BCUT2D eigenvalue weighted by Gasteiger charge is 2.32. The molecule has 1 aliphatic rings. The van der Waals surface area contributed by atoms with E-state index in [2.05, 4.69) is 0 Å². The summed E-state index contributed by atoms with van der Waals surface area (Å²) in [6, 6.07) is 13.4. The number of benzene rings is 2. The van der Waals surface area contributed by atoms with Crippen molar-refractivity contribution in [2.24, 2.45) is 0 Å². The maximum Gasteiger partial charge on any atom is 0.420 e. The molecule has 1 atom stereocenters. The molecule has 0 radical (unpaired) electrons. The molecule has 1 saturated heterocycles. The van der Waals surface area contributed by atoms with Gasteiger partial charge in [0.1, 0.15) is 5.75 Å². The zero-order valence-electron chi connectivity index (χ0n) is 18.8. The summed E-state index contributed by atoms with van der Waals surface area (Å²) in [5, 5.41) is 0. The van der Waals surface area contributed by atoms with Crippen LogP contribution in [0.2, 0.25) is 0 Å². The molecule has 1 fully saturated rings. The van der Waals surface area contributed by atoms with E-state index in [0.717, 1.165) is 0 Å². The van der Waals surface area contributed by atoms with Gasteiger partial charge in [-0.05, 0) is 45.0 Å². The molecule has 1 aromatic heterocycles. The Labute approximate surface area is 192 Å². The summed E-state index contributed by atoms with van der Waals surface area (Å²) < 4.78 is 40.2. The average molecular weight is 474 g/mol. The first kappa shape index (κ1) is 23.1. The van der Waals surface area contributed by atoms with Gasteiger partial charge in [0.05, 0.1) is 10.4 Å². The van der Waals surface area contributed by atoms with E-state index in [9.17, 15) is 18.0 Å². The van der Waals surface area contributed by atoms with Gasteiger partial charge >= 0.3 is 5.76 Å². The quantitative estimate of drug-likeness (QED) is 0.545. The largest absolute Gasteiger partial charge is 0.481 e. The second-order valence-electron chi connectivity index (χ2n) is 8.26. The fraction of sp³-hybridized carbons (Fsp3) is 0.391. The van der Waals surface area contributed by atoms with Crippen LogP contribution in [0.4, 0.5) is 0 Å². The van der Waals surface area contributed by atoms with Crippen molar-refractivity contribution in [3.8, 4) is 5.75 Å². The van der Waals surface area contributed by atoms with E-state index in [1.165, 1.54) is 21.0 Å². The molecule has 2 heterocycles. The number of carbonyl (C=O) groups is 1. The van der Waals surface area contributed by atoms with Crippen molar-refractivity contribution in [2.45, 2.75) is 37.8 Å². The lowest BCUT2D eigenvalue weighted by atomic mass is 10.3. The van der Waals surface area contributed by atoms with Gasteiger partial charge in [0.15, 0.2) is 11.7 Å². The van der Waals surface area contributed by atoms with Crippen LogP contribution in [0.15, 0.2) is 62.6 Å². The fourth-order valence-corrected chi connectivity index (χ4v) is 5.41. The minimum atomic E-state index is -3.80. The van der Waals surface area contributed by atoms with Crippen LogP contribution >= 0.6 is 0 Å². The first-order valence-corrected chi connectivity index (χ1v) is 12.3. The van der Waals surface area contributed by atoms with Crippen LogP contribution in [-0.4, -0.2) is 60.4 Å². The zero-order chi connectivity index (χ0) is 23.8. The van der Waals surface area contributed by atoms with Crippen LogP contribution in [0.5, 0.6) is 5.75 Å². The van der Waals surface area contributed by atoms with Crippen molar-refractivity contribution in [1.82, 2.24) is 13.8 Å². The monoisotopic (exact) mass is 473 g/mol. The lowest BCUT2D eigenvalue weighted by molar-refractivity contribution is -0.139. The van der Waals surface area contributed by atoms with Crippen LogP contribution in [0.1, 0.15) is 26.8 Å². The van der Waals surface area contributed by atoms with Crippen LogP contribution in [0, 0.1) is 0 Å². The minimum Gasteiger partial charge on any atom is -0.481 e. The standard InChI is InChI=1S/C23H27N3O6S/c1-16(2)26-20-10-9-19(15-21(20)32-23(26)28)33(29,30)25-13-11-24(12-14-25)22(27)17(3)31-18-7-5-4-6-8-18/h4-10,15-17H,11-14H2,1-3H3. The predicted octanol–water partition coefficient (Wildman–Crippen LogP) is 2.48. The molecule has 0 spiro atoms. The van der Waals surface area contributed by atoms with E-state index in [1.807, 2.05) is 32.0 Å². The second kappa shape index (κ2) is 9.03. The molecule has 10 heteroatoms. The molecule has 4 rings (SSSR count). The third-order valence-electron chi connectivity index (χ3n) is 5.69. The molecular formula is C23H27N3O6S. The summed E-state index contributed by atoms with van der Waals surface area (Å²) in [4.78, 5) is 26.5. The van der Waals surface area contributed by atoms with Gasteiger partial charge in [-0.1, -0.05) is 18.2 Å². The van der Waals surface area contributed by atoms with Crippen LogP contribution in [-0.2, 0) is 14.8 Å². The number of amides is 1. The number of fused-ring (bicyclic) bond motifs is 1. The first-order valence-electron chi connectivity index (χ1n) is 10.8. The molecule has 1 amide bonds. The van der Waals surface area contributed by atoms with Crippen molar-refractivity contribution >= 4 is 27.0 Å². The Bertz CT molecular complexity index is 1300. The Balaban J connectivity index is 1.44. The number of nitrogens with zero attached hydrogens (tertiary/aromatic N) is 3. The molecule has 1 unspecified atom stereocenters. The first-order chi connectivity index (χ1) is 15.7. The SMILES string of the molecule is CC(Oc1ccccc1)C(=O)N1CCN(S(=O)(=O)c2ccc3c(c2)oc(=O)n3C(C)C)CC1. The highest BCUT2D eigenvalue weighted by molar-refractivity contribution is 7.89. The maximum atomic E-state index is 13.2. The third-order valence-corrected chi connectivity index (χ3v) is 7.59. The fourth-order valence-electron chi connectivity index (χ4n) is 3.97. The zero-order valence-corrected chi connectivity index (χ0v) is 19.6. The minimum absolute atomic E-state index is 0.0558. The van der Waals surface area contributed by atoms with Crippen molar-refractivity contribution < 1.29 is 22.4 Å². The Morgan fingerprint density at radius 1 is 1.00 bits per heavy atom. The molecule has 0 bridgehead atoms. The molecule has 33 heavy (non-hydrogen) atoms. The second-order valence-corrected chi connectivity index (χ2v) is 10.2. The van der Waals surface area contributed by atoms with Crippen molar-refractivity contribution in [1.29, 1.82) is 0 Å². The number of rotatable bonds is 6. The van der Waals surface area contributed by atoms with Gasteiger partial charge < -0.3 is 14.1 Å². The number of sulfonamides is 1. The Morgan fingerprint density at radius 2 is 1.67 bits per heavy atom. The molecule has 2 aromatic carbocycles. The molecule has 0 aliphatic carbocycles. The summed E-state index contributed by atoms with van der Waals surface area (Å²) in [5.74, 6) is -0.101. The van der Waals surface area contributed by atoms with E-state index >= 15 is 0 Å². The van der Waals surface area contributed by atoms with Crippen molar-refractivity contribution in [3.05, 3.63) is 59.1 Å². The van der Waals surface area contributed by atoms with Crippen LogP contribution < -0.4 is 10.5 Å². The van der Waals surface area contributed by atoms with E-state index < -0.39 is 21.9 Å². The van der Waals surface area contributed by atoms with Gasteiger partial charge in [0, 0.05) is 38.3 Å². The summed E-state index contributed by atoms with van der Waals surface area (Å²) in [6.07, 6.45) is -0.675. The van der Waals surface area contributed by atoms with E-state index in [-0.39, 0.29) is 48.6 Å². The van der Waals surface area contributed by atoms with E-state index in [0.29, 0.717) is 11.3 Å². The summed E-state index contributed by atoms with van der Waals surface area (Å²) in [5.41, 5.74) is 0.784. The van der Waals surface area contributed by atoms with Gasteiger partial charge in [0.2, 0.25) is 10.0 Å². The number of hydrogen-bond acceptors (Lipinski definition) is 6. The smallest absolute Gasteiger partial charge is 0.420 e. The highest BCUT2D eigenvalue weighted by atomic mass is 32.2. The lowest BCUT2D eigenvalue weighted by Gasteiger charge is -2.35. The van der Waals surface area contributed by atoms with Crippen molar-refractivity contribution in [3.63, 3.8) is 0 Å². The lowest BCUT2D eigenvalue weighted by Crippen LogP contribution is -2.53. The molecule has 0 N–H and O–H groups in total. The van der Waals surface area contributed by atoms with E-state index in [4.69, 9.17) is 9.15 Å². The Kier molecular flexibility index (Phi) is 6.31. The predicted molar refractivity (Wildman–Crippen MR) is 123 cm³/mol. The van der Waals surface area contributed by atoms with Gasteiger partial charge in [-0.2, -0.15) is 4.31 Å². The molecular weight excluding hydrogens is 446 g/mol. The molecule has 176 valence electrons. The summed E-state index contributed by atoms with van der Waals surface area (Å²) in [6.45, 7) is 6.26. The van der Waals surface area contributed by atoms with E-state index in [1.54, 1.807) is 30.0 Å². The number of para-hydroxylation sites is 1. The Morgan fingerprint density at radius 3 is 2.30 bits per heavy atom. The number of aromatic nitrogens is 1. The highest BCUT2D eigenvalue weighted by Crippen LogP contribution is 2.24. The Hall–Kier alpha value is -3.11. The summed E-state index contributed by atoms with van der Waals surface area (Å²) in [7, 11) is -3.80. The number of hydrogen-bond donors (Lipinski definition) is 0. The van der Waals surface area contributed by atoms with Crippen LogP contribution in [0.3, 0.4) is 0 Å². The topological polar surface area (TPSA) is 102 Å².